The number of H-pyrrole nitrogens is 1. The van der Waals surface area contributed by atoms with Crippen molar-refractivity contribution in [3.8, 4) is 0 Å². The second kappa shape index (κ2) is 6.81. The van der Waals surface area contributed by atoms with Crippen LogP contribution in [0.3, 0.4) is 0 Å². The molecule has 26 heavy (non-hydrogen) atoms. The first-order valence-corrected chi connectivity index (χ1v) is 8.92. The maximum absolute atomic E-state index is 13.1. The Labute approximate surface area is 151 Å². The highest BCUT2D eigenvalue weighted by Gasteiger charge is 2.39. The molecule has 4 rings (SSSR count). The van der Waals surface area contributed by atoms with Gasteiger partial charge in [0.15, 0.2) is 0 Å². The standard InChI is InChI=1S/C19H22FN3O3/c20-15-5-1-13(2-6-15)10-19(12-24)11-23(7-8-26-19)18(25)17-9-16(21-22-17)14-3-4-14/h1-2,5-6,9,14,24H,3-4,7-8,10-12H2,(H,21,22)/t19-/m0/s1. The molecular weight excluding hydrogens is 337 g/mol. The number of nitrogens with one attached hydrogen (secondary N) is 1. The molecule has 1 saturated carbocycles. The number of nitrogens with zero attached hydrogens (tertiary/aromatic N) is 2. The normalized spacial score (nSPS) is 23.2. The Hall–Kier alpha value is -2.25. The van der Waals surface area contributed by atoms with E-state index in [2.05, 4.69) is 10.2 Å². The van der Waals surface area contributed by atoms with E-state index in [-0.39, 0.29) is 24.9 Å². The Morgan fingerprint density at radius 1 is 1.38 bits per heavy atom. The van der Waals surface area contributed by atoms with Gasteiger partial charge in [0.05, 0.1) is 19.8 Å². The number of rotatable bonds is 5. The van der Waals surface area contributed by atoms with E-state index in [1.165, 1.54) is 12.1 Å². The minimum absolute atomic E-state index is 0.159. The fraction of sp³-hybridized carbons (Fsp3) is 0.474. The smallest absolute Gasteiger partial charge is 0.274 e. The molecule has 2 aromatic rings. The van der Waals surface area contributed by atoms with Crippen LogP contribution in [0.2, 0.25) is 0 Å². The van der Waals surface area contributed by atoms with E-state index >= 15 is 0 Å². The van der Waals surface area contributed by atoms with Crippen molar-refractivity contribution in [3.63, 3.8) is 0 Å². The lowest BCUT2D eigenvalue weighted by atomic mass is 9.93. The lowest BCUT2D eigenvalue weighted by molar-refractivity contribution is -0.123. The van der Waals surface area contributed by atoms with Crippen LogP contribution in [0, 0.1) is 5.82 Å². The zero-order chi connectivity index (χ0) is 18.1. The summed E-state index contributed by atoms with van der Waals surface area (Å²) in [5, 5.41) is 17.1. The molecule has 2 heterocycles. The molecular formula is C19H22FN3O3. The quantitative estimate of drug-likeness (QED) is 0.854. The molecule has 1 aromatic heterocycles. The first-order valence-electron chi connectivity index (χ1n) is 8.92. The van der Waals surface area contributed by atoms with Crippen molar-refractivity contribution in [1.29, 1.82) is 0 Å². The lowest BCUT2D eigenvalue weighted by Gasteiger charge is -2.41. The van der Waals surface area contributed by atoms with Crippen molar-refractivity contribution in [3.05, 3.63) is 53.1 Å². The Morgan fingerprint density at radius 2 is 2.15 bits per heavy atom. The second-order valence-corrected chi connectivity index (χ2v) is 7.20. The van der Waals surface area contributed by atoms with E-state index in [1.54, 1.807) is 17.0 Å². The van der Waals surface area contributed by atoms with E-state index < -0.39 is 5.60 Å². The van der Waals surface area contributed by atoms with Crippen molar-refractivity contribution < 1.29 is 19.0 Å². The van der Waals surface area contributed by atoms with Crippen LogP contribution in [-0.4, -0.2) is 58.0 Å². The Balaban J connectivity index is 1.48. The van der Waals surface area contributed by atoms with Gasteiger partial charge in [0.2, 0.25) is 0 Å². The Bertz CT molecular complexity index is 788. The van der Waals surface area contributed by atoms with Gasteiger partial charge in [0, 0.05) is 24.6 Å². The number of aliphatic hydroxyl groups excluding tert-OH is 1. The number of hydrogen-bond acceptors (Lipinski definition) is 4. The molecule has 1 atom stereocenters. The summed E-state index contributed by atoms with van der Waals surface area (Å²) in [7, 11) is 0. The van der Waals surface area contributed by atoms with Gasteiger partial charge in [-0.1, -0.05) is 12.1 Å². The number of morpholine rings is 1. The number of amides is 1. The molecule has 7 heteroatoms. The van der Waals surface area contributed by atoms with Crippen LogP contribution in [0.15, 0.2) is 30.3 Å². The molecule has 1 saturated heterocycles. The van der Waals surface area contributed by atoms with E-state index in [0.29, 0.717) is 31.2 Å². The van der Waals surface area contributed by atoms with E-state index in [1.807, 2.05) is 6.07 Å². The summed E-state index contributed by atoms with van der Waals surface area (Å²) in [6.45, 7) is 0.844. The third-order valence-corrected chi connectivity index (χ3v) is 5.10. The van der Waals surface area contributed by atoms with Gasteiger partial charge in [-0.05, 0) is 36.6 Å². The molecule has 2 N–H and O–H groups in total. The highest BCUT2D eigenvalue weighted by molar-refractivity contribution is 5.92. The number of ether oxygens (including phenoxy) is 1. The predicted octanol–water partition coefficient (Wildman–Crippen LogP) is 1.87. The molecule has 2 aliphatic rings. The average molecular weight is 359 g/mol. The van der Waals surface area contributed by atoms with Gasteiger partial charge in [-0.3, -0.25) is 9.89 Å². The lowest BCUT2D eigenvalue weighted by Crippen LogP contribution is -2.56. The van der Waals surface area contributed by atoms with Gasteiger partial charge in [-0.25, -0.2) is 4.39 Å². The first-order chi connectivity index (χ1) is 12.6. The summed E-state index contributed by atoms with van der Waals surface area (Å²) in [4.78, 5) is 14.5. The summed E-state index contributed by atoms with van der Waals surface area (Å²) in [6, 6.07) is 7.94. The minimum Gasteiger partial charge on any atom is -0.393 e. The molecule has 1 aliphatic heterocycles. The Kier molecular flexibility index (Phi) is 4.50. The van der Waals surface area contributed by atoms with Crippen molar-refractivity contribution in [2.45, 2.75) is 30.8 Å². The zero-order valence-electron chi connectivity index (χ0n) is 14.4. The summed E-state index contributed by atoms with van der Waals surface area (Å²) >= 11 is 0. The number of hydrogen-bond donors (Lipinski definition) is 2. The first kappa shape index (κ1) is 17.2. The van der Waals surface area contributed by atoms with Crippen molar-refractivity contribution in [2.75, 3.05) is 26.3 Å². The van der Waals surface area contributed by atoms with Gasteiger partial charge < -0.3 is 14.7 Å². The molecule has 138 valence electrons. The molecule has 0 bridgehead atoms. The molecule has 1 amide bonds. The van der Waals surface area contributed by atoms with Crippen LogP contribution in [0.1, 0.15) is 40.5 Å². The zero-order valence-corrected chi connectivity index (χ0v) is 14.4. The van der Waals surface area contributed by atoms with Crippen LogP contribution in [0.4, 0.5) is 4.39 Å². The molecule has 1 aromatic carbocycles. The van der Waals surface area contributed by atoms with Gasteiger partial charge in [0.1, 0.15) is 17.1 Å². The maximum atomic E-state index is 13.1. The largest absolute Gasteiger partial charge is 0.393 e. The molecule has 0 unspecified atom stereocenters. The SMILES string of the molecule is O=C(c1cc(C2CC2)[nH]n1)N1CCO[C@@](CO)(Cc2ccc(F)cc2)C1. The maximum Gasteiger partial charge on any atom is 0.274 e. The predicted molar refractivity (Wildman–Crippen MR) is 92.3 cm³/mol. The fourth-order valence-corrected chi connectivity index (χ4v) is 3.46. The van der Waals surface area contributed by atoms with Crippen LogP contribution in [0.5, 0.6) is 0 Å². The van der Waals surface area contributed by atoms with E-state index in [9.17, 15) is 14.3 Å². The number of carbonyl (C=O) groups excluding carboxylic acids is 1. The van der Waals surface area contributed by atoms with Crippen LogP contribution in [-0.2, 0) is 11.2 Å². The summed E-state index contributed by atoms with van der Waals surface area (Å²) < 4.78 is 19.0. The minimum atomic E-state index is -0.888. The molecule has 0 radical (unpaired) electrons. The number of halogens is 1. The highest BCUT2D eigenvalue weighted by Crippen LogP contribution is 2.39. The third-order valence-electron chi connectivity index (χ3n) is 5.10. The number of aromatic nitrogens is 2. The van der Waals surface area contributed by atoms with E-state index in [4.69, 9.17) is 4.74 Å². The number of benzene rings is 1. The highest BCUT2D eigenvalue weighted by atomic mass is 19.1. The monoisotopic (exact) mass is 359 g/mol. The van der Waals surface area contributed by atoms with Crippen LogP contribution >= 0.6 is 0 Å². The van der Waals surface area contributed by atoms with Gasteiger partial charge in [0.25, 0.3) is 5.91 Å². The molecule has 0 spiro atoms. The average Bonchev–Trinajstić information content (AvgIpc) is 3.40. The summed E-state index contributed by atoms with van der Waals surface area (Å²) in [5.41, 5.74) is 1.38. The van der Waals surface area contributed by atoms with Crippen molar-refractivity contribution in [1.82, 2.24) is 15.1 Å². The van der Waals surface area contributed by atoms with Crippen LogP contribution in [0.25, 0.3) is 0 Å². The van der Waals surface area contributed by atoms with Gasteiger partial charge in [-0.15, -0.1) is 0 Å². The summed E-state index contributed by atoms with van der Waals surface area (Å²) in [5.74, 6) is 0.0373. The number of carbonyl (C=O) groups is 1. The second-order valence-electron chi connectivity index (χ2n) is 7.20. The van der Waals surface area contributed by atoms with Gasteiger partial charge in [-0.2, -0.15) is 5.10 Å². The number of aliphatic hydroxyl groups is 1. The third kappa shape index (κ3) is 3.50. The van der Waals surface area contributed by atoms with Crippen molar-refractivity contribution in [2.24, 2.45) is 0 Å². The fourth-order valence-electron chi connectivity index (χ4n) is 3.46. The Morgan fingerprint density at radius 3 is 2.85 bits per heavy atom. The van der Waals surface area contributed by atoms with Crippen molar-refractivity contribution >= 4 is 5.91 Å². The van der Waals surface area contributed by atoms with Gasteiger partial charge >= 0.3 is 0 Å². The van der Waals surface area contributed by atoms with Crippen LogP contribution < -0.4 is 0 Å². The molecule has 1 aliphatic carbocycles. The topological polar surface area (TPSA) is 78.5 Å². The molecule has 6 nitrogen and oxygen atoms in total. The van der Waals surface area contributed by atoms with E-state index in [0.717, 1.165) is 24.1 Å². The summed E-state index contributed by atoms with van der Waals surface area (Å²) in [6.07, 6.45) is 2.68. The molecule has 2 fully saturated rings. The number of aromatic amines is 1.